The van der Waals surface area contributed by atoms with Crippen LogP contribution in [0.4, 0.5) is 16.4 Å². The number of nitrogens with one attached hydrogen (secondary N) is 1. The van der Waals surface area contributed by atoms with Gasteiger partial charge in [0.1, 0.15) is 11.8 Å². The molecule has 0 aromatic carbocycles. The van der Waals surface area contributed by atoms with Crippen molar-refractivity contribution in [3.8, 4) is 6.07 Å². The number of carboxylic acid groups (broad SMARTS) is 1. The summed E-state index contributed by atoms with van der Waals surface area (Å²) in [6.45, 7) is 0.660. The van der Waals surface area contributed by atoms with Crippen molar-refractivity contribution in [2.75, 3.05) is 17.2 Å². The minimum atomic E-state index is -1.03. The van der Waals surface area contributed by atoms with Gasteiger partial charge in [-0.15, -0.1) is 0 Å². The third-order valence-electron chi connectivity index (χ3n) is 4.73. The Labute approximate surface area is 130 Å². The van der Waals surface area contributed by atoms with Gasteiger partial charge in [-0.2, -0.15) is 5.26 Å². The van der Waals surface area contributed by atoms with Gasteiger partial charge < -0.3 is 25.6 Å². The summed E-state index contributed by atoms with van der Waals surface area (Å²) in [5.41, 5.74) is 6.45. The second-order valence-corrected chi connectivity index (χ2v) is 5.92. The van der Waals surface area contributed by atoms with Crippen LogP contribution in [0.3, 0.4) is 0 Å². The summed E-state index contributed by atoms with van der Waals surface area (Å²) in [7, 11) is 0. The molecule has 3 unspecified atom stereocenters. The summed E-state index contributed by atoms with van der Waals surface area (Å²) < 4.78 is 5.29. The van der Waals surface area contributed by atoms with E-state index in [1.54, 1.807) is 6.07 Å². The van der Waals surface area contributed by atoms with Gasteiger partial charge >= 0.3 is 6.09 Å². The number of piperidine rings is 1. The largest absolute Gasteiger partial charge is 0.465 e. The third-order valence-corrected chi connectivity index (χ3v) is 4.73. The van der Waals surface area contributed by atoms with Crippen LogP contribution in [0.15, 0.2) is 10.6 Å². The summed E-state index contributed by atoms with van der Waals surface area (Å²) in [5, 5.41) is 25.1. The summed E-state index contributed by atoms with van der Waals surface area (Å²) in [4.78, 5) is 17.4. The minimum absolute atomic E-state index is 0.00735. The van der Waals surface area contributed by atoms with E-state index in [-0.39, 0.29) is 29.5 Å². The normalized spacial score (nSPS) is 25.7. The number of aromatic nitrogens is 2. The molecule has 4 rings (SSSR count). The molecular weight excluding hydrogens is 300 g/mol. The molecule has 1 saturated heterocycles. The molecule has 118 valence electrons. The van der Waals surface area contributed by atoms with Crippen LogP contribution in [0.5, 0.6) is 0 Å². The van der Waals surface area contributed by atoms with Crippen LogP contribution in [0.1, 0.15) is 18.5 Å². The second-order valence-electron chi connectivity index (χ2n) is 5.92. The number of nitriles is 1. The van der Waals surface area contributed by atoms with Crippen molar-refractivity contribution in [1.82, 2.24) is 15.5 Å². The van der Waals surface area contributed by atoms with Gasteiger partial charge in [0, 0.05) is 6.54 Å². The van der Waals surface area contributed by atoms with E-state index < -0.39 is 6.09 Å². The lowest BCUT2D eigenvalue weighted by Crippen LogP contribution is -2.43. The quantitative estimate of drug-likeness (QED) is 0.742. The number of nitrogen functional groups attached to an aromatic ring is 1. The summed E-state index contributed by atoms with van der Waals surface area (Å²) in [5.74, 6) is 0.941. The molecular formula is C14H14N6O3. The molecule has 2 aromatic rings. The standard InChI is InChI=1S/C14H14N6O3/c15-4-7-3-8-11(23-19-12(8)16)13(17-7)20-5-6-1-2-9(20)10(6)18-14(21)22/h3,6,9-10,18H,1-2,5H2,(H2,16,19)(H,21,22). The molecule has 2 bridgehead atoms. The fourth-order valence-electron chi connectivity index (χ4n) is 3.80. The maximum Gasteiger partial charge on any atom is 0.404 e. The number of nitrogens with zero attached hydrogens (tertiary/aromatic N) is 4. The first kappa shape index (κ1) is 13.6. The predicted octanol–water partition coefficient (Wildman–Crippen LogP) is 0.911. The third kappa shape index (κ3) is 1.95. The maximum atomic E-state index is 11.0. The topological polar surface area (TPSA) is 141 Å². The number of hydrogen-bond donors (Lipinski definition) is 3. The molecule has 1 aliphatic heterocycles. The van der Waals surface area contributed by atoms with Gasteiger partial charge in [-0.3, -0.25) is 0 Å². The highest BCUT2D eigenvalue weighted by atomic mass is 16.5. The first-order chi connectivity index (χ1) is 11.1. The number of hydrogen-bond acceptors (Lipinski definition) is 7. The van der Waals surface area contributed by atoms with Gasteiger partial charge in [-0.05, 0) is 24.8 Å². The molecule has 23 heavy (non-hydrogen) atoms. The molecule has 0 spiro atoms. The van der Waals surface area contributed by atoms with Crippen LogP contribution in [-0.2, 0) is 0 Å². The Morgan fingerprint density at radius 3 is 3.13 bits per heavy atom. The summed E-state index contributed by atoms with van der Waals surface area (Å²) in [6, 6.07) is 3.41. The number of anilines is 2. The van der Waals surface area contributed by atoms with Crippen LogP contribution in [0.2, 0.25) is 0 Å². The number of pyridine rings is 1. The Balaban J connectivity index is 1.78. The van der Waals surface area contributed by atoms with Gasteiger partial charge in [-0.25, -0.2) is 9.78 Å². The maximum absolute atomic E-state index is 11.0. The summed E-state index contributed by atoms with van der Waals surface area (Å²) >= 11 is 0. The Morgan fingerprint density at radius 2 is 2.39 bits per heavy atom. The molecule has 1 saturated carbocycles. The first-order valence-electron chi connectivity index (χ1n) is 7.30. The highest BCUT2D eigenvalue weighted by Crippen LogP contribution is 2.42. The van der Waals surface area contributed by atoms with Crippen molar-refractivity contribution in [2.24, 2.45) is 5.92 Å². The number of rotatable bonds is 2. The first-order valence-corrected chi connectivity index (χ1v) is 7.30. The van der Waals surface area contributed by atoms with Gasteiger partial charge in [0.05, 0.1) is 17.5 Å². The number of carbonyl (C=O) groups is 1. The molecule has 2 aromatic heterocycles. The van der Waals surface area contributed by atoms with E-state index in [0.717, 1.165) is 12.8 Å². The monoisotopic (exact) mass is 314 g/mol. The van der Waals surface area contributed by atoms with E-state index in [1.165, 1.54) is 0 Å². The van der Waals surface area contributed by atoms with E-state index in [4.69, 9.17) is 15.4 Å². The summed E-state index contributed by atoms with van der Waals surface area (Å²) in [6.07, 6.45) is 0.798. The predicted molar refractivity (Wildman–Crippen MR) is 79.7 cm³/mol. The molecule has 3 heterocycles. The SMILES string of the molecule is N#Cc1cc2c(N)noc2c(N2CC3CCC2C3NC(=O)O)n1. The van der Waals surface area contributed by atoms with Crippen molar-refractivity contribution in [2.45, 2.75) is 24.9 Å². The zero-order valence-electron chi connectivity index (χ0n) is 12.1. The van der Waals surface area contributed by atoms with Crippen molar-refractivity contribution < 1.29 is 14.4 Å². The molecule has 9 nitrogen and oxygen atoms in total. The lowest BCUT2D eigenvalue weighted by molar-refractivity contribution is 0.188. The molecule has 2 fully saturated rings. The molecule has 3 atom stereocenters. The van der Waals surface area contributed by atoms with E-state index in [2.05, 4.69) is 15.5 Å². The lowest BCUT2D eigenvalue weighted by Gasteiger charge is -2.28. The zero-order chi connectivity index (χ0) is 16.1. The Bertz CT molecular complexity index is 841. The van der Waals surface area contributed by atoms with Gasteiger partial charge in [-0.1, -0.05) is 5.16 Å². The lowest BCUT2D eigenvalue weighted by atomic mass is 10.1. The van der Waals surface area contributed by atoms with Crippen LogP contribution >= 0.6 is 0 Å². The van der Waals surface area contributed by atoms with Crippen molar-refractivity contribution in [3.05, 3.63) is 11.8 Å². The molecule has 0 radical (unpaired) electrons. The Kier molecular flexibility index (Phi) is 2.81. The van der Waals surface area contributed by atoms with E-state index in [9.17, 15) is 10.1 Å². The minimum Gasteiger partial charge on any atom is -0.465 e. The van der Waals surface area contributed by atoms with E-state index in [0.29, 0.717) is 23.3 Å². The van der Waals surface area contributed by atoms with Crippen LogP contribution < -0.4 is 16.0 Å². The van der Waals surface area contributed by atoms with Crippen molar-refractivity contribution >= 4 is 28.7 Å². The van der Waals surface area contributed by atoms with Gasteiger partial charge in [0.2, 0.25) is 5.58 Å². The van der Waals surface area contributed by atoms with Crippen molar-refractivity contribution in [3.63, 3.8) is 0 Å². The van der Waals surface area contributed by atoms with Crippen LogP contribution in [-0.4, -0.2) is 40.0 Å². The Morgan fingerprint density at radius 1 is 1.57 bits per heavy atom. The van der Waals surface area contributed by atoms with E-state index >= 15 is 0 Å². The highest BCUT2D eigenvalue weighted by Gasteiger charge is 2.48. The van der Waals surface area contributed by atoms with Crippen molar-refractivity contribution in [1.29, 1.82) is 5.26 Å². The molecule has 1 amide bonds. The van der Waals surface area contributed by atoms with Gasteiger partial charge in [0.25, 0.3) is 0 Å². The average molecular weight is 314 g/mol. The molecule has 9 heteroatoms. The number of amides is 1. The molecule has 1 aliphatic carbocycles. The highest BCUT2D eigenvalue weighted by molar-refractivity contribution is 5.95. The second kappa shape index (κ2) is 4.74. The molecule has 4 N–H and O–H groups in total. The van der Waals surface area contributed by atoms with Gasteiger partial charge in [0.15, 0.2) is 11.6 Å². The smallest absolute Gasteiger partial charge is 0.404 e. The fraction of sp³-hybridized carbons (Fsp3) is 0.429. The van der Waals surface area contributed by atoms with E-state index in [1.807, 2.05) is 11.0 Å². The molecule has 2 aliphatic rings. The number of fused-ring (bicyclic) bond motifs is 3. The van der Waals surface area contributed by atoms with Crippen LogP contribution in [0.25, 0.3) is 11.0 Å². The Hall–Kier alpha value is -3.02. The fourth-order valence-corrected chi connectivity index (χ4v) is 3.80. The zero-order valence-corrected chi connectivity index (χ0v) is 12.1. The van der Waals surface area contributed by atoms with Crippen LogP contribution in [0, 0.1) is 17.2 Å². The number of nitrogens with two attached hydrogens (primary N) is 1. The average Bonchev–Trinajstić information content (AvgIpc) is 3.20.